The fourth-order valence-electron chi connectivity index (χ4n) is 2.85. The highest BCUT2D eigenvalue weighted by Crippen LogP contribution is 2.23. The molecule has 3 aromatic rings. The van der Waals surface area contributed by atoms with E-state index >= 15 is 0 Å². The molecule has 0 saturated carbocycles. The molecule has 0 radical (unpaired) electrons. The number of nitrogens with two attached hydrogens (primary N) is 1. The second-order valence-electron chi connectivity index (χ2n) is 6.33. The molecule has 0 spiro atoms. The predicted molar refractivity (Wildman–Crippen MR) is 104 cm³/mol. The number of pyridine rings is 1. The number of rotatable bonds is 4. The van der Waals surface area contributed by atoms with Gasteiger partial charge in [-0.25, -0.2) is 4.98 Å². The molecule has 0 aliphatic rings. The molecule has 1 amide bonds. The van der Waals surface area contributed by atoms with Crippen LogP contribution in [0.2, 0.25) is 0 Å². The van der Waals surface area contributed by atoms with E-state index in [2.05, 4.69) is 21.5 Å². The van der Waals surface area contributed by atoms with Gasteiger partial charge in [0.25, 0.3) is 5.91 Å². The van der Waals surface area contributed by atoms with Crippen molar-refractivity contribution < 1.29 is 9.32 Å². The largest absolute Gasteiger partial charge is 0.398 e. The molecule has 8 heteroatoms. The van der Waals surface area contributed by atoms with Gasteiger partial charge in [-0.3, -0.25) is 10.2 Å². The Kier molecular flexibility index (Phi) is 4.92. The van der Waals surface area contributed by atoms with Crippen LogP contribution in [0.25, 0.3) is 0 Å². The summed E-state index contributed by atoms with van der Waals surface area (Å²) in [5.74, 6) is -0.402. The third-order valence-electron chi connectivity index (χ3n) is 4.56. The van der Waals surface area contributed by atoms with Gasteiger partial charge in [0.05, 0.1) is 28.7 Å². The van der Waals surface area contributed by atoms with Crippen molar-refractivity contribution in [3.63, 3.8) is 0 Å². The first-order valence-electron chi connectivity index (χ1n) is 8.41. The summed E-state index contributed by atoms with van der Waals surface area (Å²) in [7, 11) is 0. The SMILES string of the molecule is Cc1nc(C(=O)Nc2ccc(N)c(C(=N)c3cnoc3)c2)c(C)c(C)c1C#N. The lowest BCUT2D eigenvalue weighted by Crippen LogP contribution is -2.18. The Morgan fingerprint density at radius 1 is 1.29 bits per heavy atom. The number of anilines is 2. The molecule has 2 heterocycles. The quantitative estimate of drug-likeness (QED) is 0.473. The van der Waals surface area contributed by atoms with E-state index in [1.807, 2.05) is 0 Å². The Hall–Kier alpha value is -3.99. The maximum atomic E-state index is 12.8. The first-order chi connectivity index (χ1) is 13.3. The maximum absolute atomic E-state index is 12.8. The Labute approximate surface area is 161 Å². The highest BCUT2D eigenvalue weighted by atomic mass is 16.5. The van der Waals surface area contributed by atoms with Gasteiger partial charge in [-0.05, 0) is 50.1 Å². The Morgan fingerprint density at radius 3 is 2.68 bits per heavy atom. The Balaban J connectivity index is 1.93. The molecular weight excluding hydrogens is 356 g/mol. The van der Waals surface area contributed by atoms with E-state index in [-0.39, 0.29) is 11.4 Å². The van der Waals surface area contributed by atoms with Crippen LogP contribution in [0.3, 0.4) is 0 Å². The van der Waals surface area contributed by atoms with Crippen LogP contribution >= 0.6 is 0 Å². The summed E-state index contributed by atoms with van der Waals surface area (Å²) in [6.07, 6.45) is 2.77. The first-order valence-corrected chi connectivity index (χ1v) is 8.41. The fourth-order valence-corrected chi connectivity index (χ4v) is 2.85. The minimum Gasteiger partial charge on any atom is -0.398 e. The number of nitrogens with one attached hydrogen (secondary N) is 2. The summed E-state index contributed by atoms with van der Waals surface area (Å²) in [5.41, 5.74) is 10.5. The van der Waals surface area contributed by atoms with Gasteiger partial charge in [-0.1, -0.05) is 5.16 Å². The molecule has 8 nitrogen and oxygen atoms in total. The van der Waals surface area contributed by atoms with Gasteiger partial charge >= 0.3 is 0 Å². The second-order valence-corrected chi connectivity index (χ2v) is 6.33. The van der Waals surface area contributed by atoms with Crippen molar-refractivity contribution in [2.24, 2.45) is 0 Å². The van der Waals surface area contributed by atoms with Crippen LogP contribution in [0.4, 0.5) is 11.4 Å². The summed E-state index contributed by atoms with van der Waals surface area (Å²) < 4.78 is 4.77. The first kappa shape index (κ1) is 18.8. The van der Waals surface area contributed by atoms with Crippen LogP contribution in [0, 0.1) is 37.5 Å². The van der Waals surface area contributed by atoms with Crippen molar-refractivity contribution in [2.75, 3.05) is 11.1 Å². The van der Waals surface area contributed by atoms with E-state index in [0.717, 1.165) is 5.56 Å². The van der Waals surface area contributed by atoms with Crippen molar-refractivity contribution in [3.05, 3.63) is 69.9 Å². The lowest BCUT2D eigenvalue weighted by molar-refractivity contribution is 0.102. The van der Waals surface area contributed by atoms with E-state index in [0.29, 0.717) is 39.3 Å². The van der Waals surface area contributed by atoms with Crippen LogP contribution in [-0.2, 0) is 0 Å². The van der Waals surface area contributed by atoms with Crippen LogP contribution in [0.1, 0.15) is 44.0 Å². The van der Waals surface area contributed by atoms with E-state index in [1.54, 1.807) is 39.0 Å². The fraction of sp³-hybridized carbons (Fsp3) is 0.150. The highest BCUT2D eigenvalue weighted by Gasteiger charge is 2.18. The number of carbonyl (C=O) groups excluding carboxylic acids is 1. The molecule has 0 fully saturated rings. The molecule has 0 saturated heterocycles. The van der Waals surface area contributed by atoms with E-state index in [1.165, 1.54) is 12.5 Å². The summed E-state index contributed by atoms with van der Waals surface area (Å²) in [5, 5.41) is 23.9. The molecule has 3 rings (SSSR count). The molecule has 4 N–H and O–H groups in total. The summed E-state index contributed by atoms with van der Waals surface area (Å²) in [6.45, 7) is 5.25. The molecule has 1 aromatic carbocycles. The van der Waals surface area contributed by atoms with Crippen molar-refractivity contribution in [3.8, 4) is 6.07 Å². The van der Waals surface area contributed by atoms with E-state index in [9.17, 15) is 10.1 Å². The normalized spacial score (nSPS) is 10.4. The van der Waals surface area contributed by atoms with Gasteiger partial charge < -0.3 is 15.6 Å². The third kappa shape index (κ3) is 3.33. The van der Waals surface area contributed by atoms with Crippen LogP contribution in [0.15, 0.2) is 35.2 Å². The van der Waals surface area contributed by atoms with Gasteiger partial charge in [0.2, 0.25) is 0 Å². The van der Waals surface area contributed by atoms with Crippen molar-refractivity contribution in [1.82, 2.24) is 10.1 Å². The van der Waals surface area contributed by atoms with Crippen LogP contribution in [-0.4, -0.2) is 21.8 Å². The zero-order chi connectivity index (χ0) is 20.4. The average Bonchev–Trinajstić information content (AvgIpc) is 3.20. The van der Waals surface area contributed by atoms with Crippen molar-refractivity contribution >= 4 is 23.0 Å². The monoisotopic (exact) mass is 374 g/mol. The van der Waals surface area contributed by atoms with Crippen molar-refractivity contribution in [2.45, 2.75) is 20.8 Å². The zero-order valence-electron chi connectivity index (χ0n) is 15.6. The number of nitrogen functional groups attached to an aromatic ring is 1. The molecule has 0 unspecified atom stereocenters. The Morgan fingerprint density at radius 2 is 2.04 bits per heavy atom. The predicted octanol–water partition coefficient (Wildman–Crippen LogP) is 3.12. The number of hydrogen-bond donors (Lipinski definition) is 3. The molecule has 2 aromatic heterocycles. The maximum Gasteiger partial charge on any atom is 0.274 e. The zero-order valence-corrected chi connectivity index (χ0v) is 15.6. The summed E-state index contributed by atoms with van der Waals surface area (Å²) >= 11 is 0. The number of benzene rings is 1. The minimum atomic E-state index is -0.402. The van der Waals surface area contributed by atoms with E-state index in [4.69, 9.17) is 15.7 Å². The van der Waals surface area contributed by atoms with Crippen molar-refractivity contribution in [1.29, 1.82) is 10.7 Å². The molecule has 0 bridgehead atoms. The number of carbonyl (C=O) groups is 1. The molecule has 28 heavy (non-hydrogen) atoms. The minimum absolute atomic E-state index is 0.134. The van der Waals surface area contributed by atoms with Crippen LogP contribution < -0.4 is 11.1 Å². The second kappa shape index (κ2) is 7.32. The molecule has 140 valence electrons. The number of nitriles is 1. The van der Waals surface area contributed by atoms with Gasteiger partial charge in [0.1, 0.15) is 18.0 Å². The number of aryl methyl sites for hydroxylation is 1. The van der Waals surface area contributed by atoms with Crippen LogP contribution in [0.5, 0.6) is 0 Å². The highest BCUT2D eigenvalue weighted by molar-refractivity contribution is 6.14. The van der Waals surface area contributed by atoms with Gasteiger partial charge in [0.15, 0.2) is 0 Å². The molecule has 0 atom stereocenters. The summed E-state index contributed by atoms with van der Waals surface area (Å²) in [4.78, 5) is 17.1. The lowest BCUT2D eigenvalue weighted by atomic mass is 10.0. The van der Waals surface area contributed by atoms with E-state index < -0.39 is 5.91 Å². The number of nitrogens with zero attached hydrogens (tertiary/aromatic N) is 3. The third-order valence-corrected chi connectivity index (χ3v) is 4.56. The number of aromatic nitrogens is 2. The van der Waals surface area contributed by atoms with Gasteiger partial charge in [0, 0.05) is 16.9 Å². The Bertz CT molecular complexity index is 1130. The standard InChI is InChI=1S/C20H18N6O2/c1-10-11(2)19(25-12(3)16(10)7-21)20(27)26-14-4-5-17(22)15(6-14)18(23)13-8-24-28-9-13/h4-6,8-9,23H,22H2,1-3H3,(H,26,27). The smallest absolute Gasteiger partial charge is 0.274 e. The lowest BCUT2D eigenvalue weighted by Gasteiger charge is -2.13. The summed E-state index contributed by atoms with van der Waals surface area (Å²) in [6, 6.07) is 6.99. The molecular formula is C20H18N6O2. The number of amides is 1. The average molecular weight is 374 g/mol. The van der Waals surface area contributed by atoms with Gasteiger partial charge in [-0.2, -0.15) is 5.26 Å². The molecule has 0 aliphatic carbocycles. The van der Waals surface area contributed by atoms with Gasteiger partial charge in [-0.15, -0.1) is 0 Å². The topological polar surface area (TPSA) is 142 Å². The number of hydrogen-bond acceptors (Lipinski definition) is 7. The molecule has 0 aliphatic heterocycles.